The molecule has 5 rings (SSSR count). The SMILES string of the molecule is CC(C)(C)OC(=O)N1[C@H](Cc2ccc(NC(=O)[C@H]3CCc4ccnn43)cc2)CC[C@@H]1[C@H](O[Si](C)(C)C(C)(C)C)c1cccnc1. The van der Waals surface area contributed by atoms with E-state index < -0.39 is 13.9 Å². The zero-order valence-corrected chi connectivity index (χ0v) is 29.0. The maximum atomic E-state index is 13.9. The van der Waals surface area contributed by atoms with Crippen molar-refractivity contribution < 1.29 is 18.8 Å². The number of benzene rings is 1. The summed E-state index contributed by atoms with van der Waals surface area (Å²) in [6.07, 6.45) is 8.65. The molecule has 4 heterocycles. The third kappa shape index (κ3) is 7.49. The number of nitrogens with one attached hydrogen (secondary N) is 1. The van der Waals surface area contributed by atoms with E-state index in [1.165, 1.54) is 0 Å². The lowest BCUT2D eigenvalue weighted by atomic mass is 10.0. The van der Waals surface area contributed by atoms with Gasteiger partial charge in [-0.25, -0.2) is 4.79 Å². The molecule has 1 aromatic carbocycles. The Bertz CT molecular complexity index is 1480. The number of pyridine rings is 1. The lowest BCUT2D eigenvalue weighted by Crippen LogP contribution is -2.50. The molecule has 0 bridgehead atoms. The average Bonchev–Trinajstić information content (AvgIpc) is 3.68. The van der Waals surface area contributed by atoms with Crippen LogP contribution in [-0.4, -0.2) is 57.7 Å². The molecule has 2 aliphatic heterocycles. The third-order valence-corrected chi connectivity index (χ3v) is 13.9. The number of nitrogens with zero attached hydrogens (tertiary/aromatic N) is 4. The fraction of sp³-hybridized carbons (Fsp3) is 0.543. The first-order chi connectivity index (χ1) is 21.1. The van der Waals surface area contributed by atoms with Crippen molar-refractivity contribution in [2.75, 3.05) is 5.32 Å². The van der Waals surface area contributed by atoms with Gasteiger partial charge < -0.3 is 14.5 Å². The first-order valence-electron chi connectivity index (χ1n) is 16.1. The van der Waals surface area contributed by atoms with Gasteiger partial charge in [-0.15, -0.1) is 0 Å². The Morgan fingerprint density at radius 2 is 1.73 bits per heavy atom. The molecule has 0 aliphatic carbocycles. The van der Waals surface area contributed by atoms with E-state index in [2.05, 4.69) is 55.3 Å². The normalized spacial score (nSPS) is 21.0. The lowest BCUT2D eigenvalue weighted by molar-refractivity contribution is -0.119. The van der Waals surface area contributed by atoms with E-state index >= 15 is 0 Å². The number of ether oxygens (including phenoxy) is 1. The minimum absolute atomic E-state index is 0.00216. The zero-order valence-electron chi connectivity index (χ0n) is 28.0. The molecule has 1 fully saturated rings. The predicted molar refractivity (Wildman–Crippen MR) is 179 cm³/mol. The van der Waals surface area contributed by atoms with Crippen LogP contribution < -0.4 is 5.32 Å². The van der Waals surface area contributed by atoms with E-state index in [1.54, 1.807) is 12.4 Å². The molecule has 0 spiro atoms. The summed E-state index contributed by atoms with van der Waals surface area (Å²) in [5.41, 5.74) is 3.28. The van der Waals surface area contributed by atoms with Crippen molar-refractivity contribution in [2.24, 2.45) is 0 Å². The summed E-state index contributed by atoms with van der Waals surface area (Å²) < 4.78 is 14.9. The number of fused-ring (bicyclic) bond motifs is 1. The van der Waals surface area contributed by atoms with Gasteiger partial charge in [0.1, 0.15) is 11.6 Å². The quantitative estimate of drug-likeness (QED) is 0.259. The highest BCUT2D eigenvalue weighted by Gasteiger charge is 2.47. The van der Waals surface area contributed by atoms with Crippen LogP contribution in [0.4, 0.5) is 10.5 Å². The number of carbonyl (C=O) groups excluding carboxylic acids is 2. The molecular formula is C35H49N5O4Si. The van der Waals surface area contributed by atoms with Gasteiger partial charge in [-0.2, -0.15) is 5.10 Å². The van der Waals surface area contributed by atoms with E-state index in [9.17, 15) is 9.59 Å². The molecule has 3 aromatic rings. The average molecular weight is 632 g/mol. The van der Waals surface area contributed by atoms with Gasteiger partial charge in [-0.05, 0) is 106 Å². The molecule has 2 aliphatic rings. The van der Waals surface area contributed by atoms with E-state index in [4.69, 9.17) is 9.16 Å². The maximum Gasteiger partial charge on any atom is 0.410 e. The Labute approximate surface area is 268 Å². The number of rotatable bonds is 8. The van der Waals surface area contributed by atoms with E-state index in [-0.39, 0.29) is 41.3 Å². The van der Waals surface area contributed by atoms with Gasteiger partial charge in [0.15, 0.2) is 8.32 Å². The number of likely N-dealkylation sites (tertiary alicyclic amines) is 1. The zero-order chi connectivity index (χ0) is 32.6. The number of aryl methyl sites for hydroxylation is 1. The Kier molecular flexibility index (Phi) is 9.29. The van der Waals surface area contributed by atoms with Crippen LogP contribution >= 0.6 is 0 Å². The molecule has 45 heavy (non-hydrogen) atoms. The summed E-state index contributed by atoms with van der Waals surface area (Å²) in [5.74, 6) is -0.0527. The molecule has 0 saturated carbocycles. The van der Waals surface area contributed by atoms with Crippen LogP contribution in [0.1, 0.15) is 89.8 Å². The van der Waals surface area contributed by atoms with Gasteiger partial charge in [0.25, 0.3) is 0 Å². The van der Waals surface area contributed by atoms with E-state index in [0.29, 0.717) is 6.42 Å². The number of amides is 2. The van der Waals surface area contributed by atoms with Gasteiger partial charge in [0, 0.05) is 36.0 Å². The Hall–Kier alpha value is -3.50. The van der Waals surface area contributed by atoms with Crippen LogP contribution in [0.5, 0.6) is 0 Å². The topological polar surface area (TPSA) is 98.6 Å². The second-order valence-corrected chi connectivity index (χ2v) is 19.7. The Balaban J connectivity index is 1.36. The number of anilines is 1. The van der Waals surface area contributed by atoms with Crippen LogP contribution in [0, 0.1) is 0 Å². The minimum Gasteiger partial charge on any atom is -0.444 e. The van der Waals surface area contributed by atoms with Crippen molar-refractivity contribution >= 4 is 26.0 Å². The summed E-state index contributed by atoms with van der Waals surface area (Å²) >= 11 is 0. The summed E-state index contributed by atoms with van der Waals surface area (Å²) in [6.45, 7) is 16.9. The molecule has 4 atom stereocenters. The largest absolute Gasteiger partial charge is 0.444 e. The molecular weight excluding hydrogens is 583 g/mol. The van der Waals surface area contributed by atoms with Crippen LogP contribution in [0.2, 0.25) is 18.1 Å². The van der Waals surface area contributed by atoms with Crippen LogP contribution in [0.3, 0.4) is 0 Å². The van der Waals surface area contributed by atoms with Crippen LogP contribution in [-0.2, 0) is 26.8 Å². The highest BCUT2D eigenvalue weighted by atomic mass is 28.4. The Morgan fingerprint density at radius 1 is 1.00 bits per heavy atom. The fourth-order valence-electron chi connectivity index (χ4n) is 6.11. The fourth-order valence-corrected chi connectivity index (χ4v) is 7.39. The number of hydrogen-bond acceptors (Lipinski definition) is 6. The summed E-state index contributed by atoms with van der Waals surface area (Å²) in [4.78, 5) is 33.3. The standard InChI is InChI=1S/C35H49N5O4Si/c1-34(2,3)43-33(42)39-28(16-17-29(39)31(25-10-9-20-36-23-25)44-45(7,8)35(4,5)6)22-24-11-13-26(14-12-24)38-32(41)30-18-15-27-19-21-37-40(27)30/h9-14,19-21,23,28-31H,15-18,22H2,1-8H3,(H,38,41)/t28-,29+,30+,31+/m0/s1. The second kappa shape index (κ2) is 12.7. The maximum absolute atomic E-state index is 13.9. The smallest absolute Gasteiger partial charge is 0.410 e. The number of carbonyl (C=O) groups is 2. The second-order valence-electron chi connectivity index (χ2n) is 15.0. The molecule has 242 valence electrons. The Morgan fingerprint density at radius 3 is 2.38 bits per heavy atom. The lowest BCUT2D eigenvalue weighted by Gasteiger charge is -2.43. The van der Waals surface area contributed by atoms with E-state index in [0.717, 1.165) is 48.2 Å². The van der Waals surface area contributed by atoms with Gasteiger partial charge in [0.2, 0.25) is 5.91 Å². The predicted octanol–water partition coefficient (Wildman–Crippen LogP) is 7.48. The highest BCUT2D eigenvalue weighted by molar-refractivity contribution is 6.74. The minimum atomic E-state index is -2.22. The number of aromatic nitrogens is 3. The molecule has 10 heteroatoms. The molecule has 0 unspecified atom stereocenters. The van der Waals surface area contributed by atoms with Gasteiger partial charge >= 0.3 is 6.09 Å². The third-order valence-electron chi connectivity index (χ3n) is 9.46. The van der Waals surface area contributed by atoms with Gasteiger partial charge in [-0.3, -0.25) is 19.4 Å². The van der Waals surface area contributed by atoms with Crippen LogP contribution in [0.15, 0.2) is 61.1 Å². The molecule has 1 saturated heterocycles. The van der Waals surface area contributed by atoms with Crippen molar-refractivity contribution in [3.63, 3.8) is 0 Å². The summed E-state index contributed by atoms with van der Waals surface area (Å²) in [5, 5.41) is 7.38. The number of hydrogen-bond donors (Lipinski definition) is 1. The van der Waals surface area contributed by atoms with Gasteiger partial charge in [0.05, 0.1) is 12.1 Å². The van der Waals surface area contributed by atoms with Crippen LogP contribution in [0.25, 0.3) is 0 Å². The summed E-state index contributed by atoms with van der Waals surface area (Å²) in [6, 6.07) is 13.4. The first kappa shape index (κ1) is 32.9. The van der Waals surface area contributed by atoms with Gasteiger partial charge in [-0.1, -0.05) is 39.0 Å². The highest BCUT2D eigenvalue weighted by Crippen LogP contribution is 2.44. The molecule has 1 N–H and O–H groups in total. The van der Waals surface area contributed by atoms with Crippen molar-refractivity contribution in [2.45, 2.75) is 122 Å². The molecule has 9 nitrogen and oxygen atoms in total. The van der Waals surface area contributed by atoms with Crippen molar-refractivity contribution in [1.82, 2.24) is 19.7 Å². The first-order valence-corrected chi connectivity index (χ1v) is 19.0. The van der Waals surface area contributed by atoms with Crippen molar-refractivity contribution in [1.29, 1.82) is 0 Å². The molecule has 2 amide bonds. The molecule has 2 aromatic heterocycles. The monoisotopic (exact) mass is 631 g/mol. The van der Waals surface area contributed by atoms with E-state index in [1.807, 2.05) is 72.9 Å². The van der Waals surface area contributed by atoms with Crippen molar-refractivity contribution in [3.05, 3.63) is 77.9 Å². The molecule has 0 radical (unpaired) electrons. The summed E-state index contributed by atoms with van der Waals surface area (Å²) in [7, 11) is -2.22. The van der Waals surface area contributed by atoms with Crippen molar-refractivity contribution in [3.8, 4) is 0 Å².